The van der Waals surface area contributed by atoms with Crippen LogP contribution in [0, 0.1) is 6.92 Å². The molecule has 3 rings (SSSR count). The fourth-order valence-corrected chi connectivity index (χ4v) is 3.09. The van der Waals surface area contributed by atoms with Crippen molar-refractivity contribution in [3.63, 3.8) is 0 Å². The third kappa shape index (κ3) is 3.97. The summed E-state index contributed by atoms with van der Waals surface area (Å²) < 4.78 is 5.28. The Morgan fingerprint density at radius 1 is 1.12 bits per heavy atom. The van der Waals surface area contributed by atoms with Crippen LogP contribution in [0.5, 0.6) is 5.75 Å². The quantitative estimate of drug-likeness (QED) is 0.514. The molecular weight excluding hydrogens is 326 g/mol. The Morgan fingerprint density at radius 2 is 1.85 bits per heavy atom. The molecule has 0 unspecified atom stereocenters. The fraction of sp³-hybridized carbons (Fsp3) is 0.318. The highest BCUT2D eigenvalue weighted by Gasteiger charge is 2.10. The van der Waals surface area contributed by atoms with Crippen LogP contribution in [0.4, 0.5) is 0 Å². The average molecular weight is 351 g/mol. The number of aromatic hydroxyl groups is 1. The minimum absolute atomic E-state index is 0.135. The first-order chi connectivity index (χ1) is 12.5. The van der Waals surface area contributed by atoms with E-state index in [1.807, 2.05) is 0 Å². The van der Waals surface area contributed by atoms with E-state index in [4.69, 9.17) is 4.42 Å². The fourth-order valence-electron chi connectivity index (χ4n) is 3.09. The number of rotatable bonds is 6. The molecule has 0 aliphatic carbocycles. The Kier molecular flexibility index (Phi) is 5.43. The second-order valence-electron chi connectivity index (χ2n) is 7.00. The van der Waals surface area contributed by atoms with E-state index in [2.05, 4.69) is 43.4 Å². The summed E-state index contributed by atoms with van der Waals surface area (Å²) in [7, 11) is 0. The van der Waals surface area contributed by atoms with E-state index in [0.717, 1.165) is 23.9 Å². The summed E-state index contributed by atoms with van der Waals surface area (Å²) >= 11 is 0. The van der Waals surface area contributed by atoms with E-state index in [1.165, 1.54) is 17.2 Å². The molecule has 26 heavy (non-hydrogen) atoms. The molecule has 0 spiro atoms. The van der Waals surface area contributed by atoms with Crippen LogP contribution in [-0.4, -0.2) is 11.7 Å². The largest absolute Gasteiger partial charge is 0.508 e. The number of phenols is 1. The van der Waals surface area contributed by atoms with Crippen molar-refractivity contribution in [2.75, 3.05) is 6.54 Å². The maximum absolute atomic E-state index is 11.8. The van der Waals surface area contributed by atoms with Crippen molar-refractivity contribution >= 4 is 11.0 Å². The number of hydrogen-bond acceptors (Lipinski definition) is 4. The van der Waals surface area contributed by atoms with E-state index in [-0.39, 0.29) is 5.75 Å². The first-order valence-electron chi connectivity index (χ1n) is 9.00. The Morgan fingerprint density at radius 3 is 2.54 bits per heavy atom. The summed E-state index contributed by atoms with van der Waals surface area (Å²) in [5, 5.41) is 14.1. The summed E-state index contributed by atoms with van der Waals surface area (Å²) in [6, 6.07) is 13.7. The van der Waals surface area contributed by atoms with Crippen LogP contribution in [0.25, 0.3) is 11.0 Å². The molecule has 136 valence electrons. The molecule has 0 aliphatic heterocycles. The molecule has 0 aliphatic rings. The smallest absolute Gasteiger partial charge is 0.336 e. The standard InChI is InChI=1S/C22H25NO3/c1-14(2)17-6-4-16(5-7-17)10-11-23-13-18-12-21(25)26-22-15(3)20(24)9-8-19(18)22/h4-9,12,14,23-24H,10-11,13H2,1-3H3. The number of nitrogens with one attached hydrogen (secondary N) is 1. The van der Waals surface area contributed by atoms with Gasteiger partial charge < -0.3 is 14.8 Å². The maximum Gasteiger partial charge on any atom is 0.336 e. The first kappa shape index (κ1) is 18.2. The van der Waals surface area contributed by atoms with Gasteiger partial charge in [-0.15, -0.1) is 0 Å². The minimum Gasteiger partial charge on any atom is -0.508 e. The van der Waals surface area contributed by atoms with Crippen molar-refractivity contribution in [3.05, 3.63) is 75.1 Å². The molecule has 0 atom stereocenters. The Balaban J connectivity index is 1.66. The summed E-state index contributed by atoms with van der Waals surface area (Å²) in [4.78, 5) is 11.8. The second-order valence-corrected chi connectivity index (χ2v) is 7.00. The number of fused-ring (bicyclic) bond motifs is 1. The van der Waals surface area contributed by atoms with Crippen molar-refractivity contribution in [3.8, 4) is 5.75 Å². The zero-order chi connectivity index (χ0) is 18.7. The van der Waals surface area contributed by atoms with Gasteiger partial charge in [-0.2, -0.15) is 0 Å². The van der Waals surface area contributed by atoms with Gasteiger partial charge >= 0.3 is 5.63 Å². The van der Waals surface area contributed by atoms with Gasteiger partial charge in [-0.05, 0) is 54.6 Å². The lowest BCUT2D eigenvalue weighted by Crippen LogP contribution is -2.18. The molecule has 4 nitrogen and oxygen atoms in total. The number of benzene rings is 2. The SMILES string of the molecule is Cc1c(O)ccc2c(CNCCc3ccc(C(C)C)cc3)cc(=O)oc12. The van der Waals surface area contributed by atoms with Crippen molar-refractivity contribution in [1.82, 2.24) is 5.32 Å². The van der Waals surface area contributed by atoms with Gasteiger partial charge in [-0.3, -0.25) is 0 Å². The molecule has 1 aromatic heterocycles. The van der Waals surface area contributed by atoms with Gasteiger partial charge in [-0.1, -0.05) is 38.1 Å². The van der Waals surface area contributed by atoms with E-state index in [9.17, 15) is 9.90 Å². The summed E-state index contributed by atoms with van der Waals surface area (Å²) in [5.74, 6) is 0.679. The van der Waals surface area contributed by atoms with Crippen LogP contribution in [0.2, 0.25) is 0 Å². The molecule has 2 N–H and O–H groups in total. The molecule has 0 bridgehead atoms. The highest BCUT2D eigenvalue weighted by atomic mass is 16.4. The number of hydrogen-bond donors (Lipinski definition) is 2. The molecule has 0 fully saturated rings. The summed E-state index contributed by atoms with van der Waals surface area (Å²) in [6.45, 7) is 7.53. The summed E-state index contributed by atoms with van der Waals surface area (Å²) in [5.41, 5.74) is 4.18. The molecule has 0 saturated carbocycles. The van der Waals surface area contributed by atoms with Crippen molar-refractivity contribution in [2.45, 2.75) is 39.7 Å². The average Bonchev–Trinajstić information content (AvgIpc) is 2.62. The zero-order valence-electron chi connectivity index (χ0n) is 15.5. The van der Waals surface area contributed by atoms with E-state index < -0.39 is 5.63 Å². The lowest BCUT2D eigenvalue weighted by atomic mass is 10.0. The Bertz CT molecular complexity index is 956. The second kappa shape index (κ2) is 7.75. The predicted molar refractivity (Wildman–Crippen MR) is 105 cm³/mol. The maximum atomic E-state index is 11.8. The molecular formula is C22H25NO3. The van der Waals surface area contributed by atoms with Crippen molar-refractivity contribution < 1.29 is 9.52 Å². The number of phenolic OH excluding ortho intramolecular Hbond substituents is 1. The normalized spacial score (nSPS) is 11.4. The first-order valence-corrected chi connectivity index (χ1v) is 9.00. The van der Waals surface area contributed by atoms with Crippen LogP contribution < -0.4 is 10.9 Å². The highest BCUT2D eigenvalue weighted by Crippen LogP contribution is 2.27. The molecule has 0 amide bonds. The van der Waals surface area contributed by atoms with Gasteiger partial charge in [0.05, 0.1) is 0 Å². The zero-order valence-corrected chi connectivity index (χ0v) is 15.5. The van der Waals surface area contributed by atoms with Crippen LogP contribution in [-0.2, 0) is 13.0 Å². The van der Waals surface area contributed by atoms with E-state index in [0.29, 0.717) is 23.6 Å². The molecule has 4 heteroatoms. The van der Waals surface area contributed by atoms with Gasteiger partial charge in [0.25, 0.3) is 0 Å². The van der Waals surface area contributed by atoms with Gasteiger partial charge in [0, 0.05) is 23.6 Å². The molecule has 3 aromatic rings. The molecule has 0 radical (unpaired) electrons. The van der Waals surface area contributed by atoms with Crippen LogP contribution >= 0.6 is 0 Å². The predicted octanol–water partition coefficient (Wildman–Crippen LogP) is 4.26. The Hall–Kier alpha value is -2.59. The third-order valence-electron chi connectivity index (χ3n) is 4.77. The minimum atomic E-state index is -0.396. The third-order valence-corrected chi connectivity index (χ3v) is 4.77. The molecule has 0 saturated heterocycles. The van der Waals surface area contributed by atoms with Crippen molar-refractivity contribution in [2.24, 2.45) is 0 Å². The van der Waals surface area contributed by atoms with Gasteiger partial charge in [0.2, 0.25) is 0 Å². The van der Waals surface area contributed by atoms with Gasteiger partial charge in [0.15, 0.2) is 0 Å². The van der Waals surface area contributed by atoms with Gasteiger partial charge in [0.1, 0.15) is 11.3 Å². The highest BCUT2D eigenvalue weighted by molar-refractivity contribution is 5.84. The lowest BCUT2D eigenvalue weighted by Gasteiger charge is -2.10. The summed E-state index contributed by atoms with van der Waals surface area (Å²) in [6.07, 6.45) is 0.928. The molecule has 1 heterocycles. The Labute approximate surface area is 153 Å². The lowest BCUT2D eigenvalue weighted by molar-refractivity contribution is 0.468. The van der Waals surface area contributed by atoms with Crippen molar-refractivity contribution in [1.29, 1.82) is 0 Å². The van der Waals surface area contributed by atoms with E-state index in [1.54, 1.807) is 19.1 Å². The van der Waals surface area contributed by atoms with E-state index >= 15 is 0 Å². The van der Waals surface area contributed by atoms with Crippen LogP contribution in [0.1, 0.15) is 42.0 Å². The van der Waals surface area contributed by atoms with Gasteiger partial charge in [-0.25, -0.2) is 4.79 Å². The number of aryl methyl sites for hydroxylation is 1. The van der Waals surface area contributed by atoms with Crippen LogP contribution in [0.3, 0.4) is 0 Å². The topological polar surface area (TPSA) is 62.5 Å². The molecule has 2 aromatic carbocycles. The monoisotopic (exact) mass is 351 g/mol. The van der Waals surface area contributed by atoms with Crippen LogP contribution in [0.15, 0.2) is 51.7 Å².